The number of carbonyl (C=O) groups is 1. The summed E-state index contributed by atoms with van der Waals surface area (Å²) >= 11 is 0. The van der Waals surface area contributed by atoms with E-state index >= 15 is 0 Å². The van der Waals surface area contributed by atoms with Crippen molar-refractivity contribution in [3.05, 3.63) is 74.7 Å². The molecule has 4 aromatic rings. The predicted octanol–water partition coefficient (Wildman–Crippen LogP) is 2.99. The number of H-pyrrole nitrogens is 1. The Morgan fingerprint density at radius 1 is 1.11 bits per heavy atom. The fourth-order valence-corrected chi connectivity index (χ4v) is 3.58. The number of aryl methyl sites for hydroxylation is 3. The normalized spacial score (nSPS) is 12.4. The molecule has 0 saturated heterocycles. The van der Waals surface area contributed by atoms with Crippen LogP contribution in [0.1, 0.15) is 45.7 Å². The van der Waals surface area contributed by atoms with Crippen LogP contribution >= 0.6 is 0 Å². The van der Waals surface area contributed by atoms with Crippen molar-refractivity contribution < 1.29 is 4.79 Å². The van der Waals surface area contributed by atoms with E-state index in [2.05, 4.69) is 26.7 Å². The number of fused-ring (bicyclic) bond motifs is 3. The van der Waals surface area contributed by atoms with Gasteiger partial charge in [-0.2, -0.15) is 0 Å². The highest BCUT2D eigenvalue weighted by molar-refractivity contribution is 5.99. The van der Waals surface area contributed by atoms with Crippen molar-refractivity contribution in [2.24, 2.45) is 0 Å². The minimum Gasteiger partial charge on any atom is -0.344 e. The molecule has 0 aliphatic heterocycles. The molecular weight excluding hydrogens is 354 g/mol. The van der Waals surface area contributed by atoms with Crippen LogP contribution in [0.25, 0.3) is 16.6 Å². The van der Waals surface area contributed by atoms with E-state index in [9.17, 15) is 9.59 Å². The summed E-state index contributed by atoms with van der Waals surface area (Å²) in [7, 11) is 0. The van der Waals surface area contributed by atoms with Crippen LogP contribution in [0, 0.1) is 20.8 Å². The van der Waals surface area contributed by atoms with E-state index in [0.717, 1.165) is 22.3 Å². The minimum atomic E-state index is -0.431. The molecule has 0 fully saturated rings. The second kappa shape index (κ2) is 6.60. The number of carbonyl (C=O) groups excluding carboxylic acids is 1. The smallest absolute Gasteiger partial charge is 0.277 e. The summed E-state index contributed by atoms with van der Waals surface area (Å²) in [6.45, 7) is 7.89. The van der Waals surface area contributed by atoms with Gasteiger partial charge in [0.05, 0.1) is 17.1 Å². The number of nitrogens with zero attached hydrogens (tertiary/aromatic N) is 3. The fraction of sp³-hybridized carbons (Fsp3) is 0.238. The maximum Gasteiger partial charge on any atom is 0.277 e. The Hall–Kier alpha value is -3.48. The first kappa shape index (κ1) is 17.9. The Labute approximate surface area is 161 Å². The molecule has 0 aliphatic rings. The van der Waals surface area contributed by atoms with Gasteiger partial charge in [0.1, 0.15) is 0 Å². The SMILES string of the molecule is Cc1ccc(C(C)NC(=O)c2nnn3c2c(=O)[nH]c2cc(C)ccc23)c(C)c1. The fourth-order valence-electron chi connectivity index (χ4n) is 3.58. The molecule has 1 amide bonds. The summed E-state index contributed by atoms with van der Waals surface area (Å²) in [6, 6.07) is 11.5. The molecule has 0 spiro atoms. The van der Waals surface area contributed by atoms with Crippen LogP contribution in [0.4, 0.5) is 0 Å². The highest BCUT2D eigenvalue weighted by Gasteiger charge is 2.22. The van der Waals surface area contributed by atoms with Gasteiger partial charge in [-0.25, -0.2) is 4.52 Å². The second-order valence-electron chi connectivity index (χ2n) is 7.23. The van der Waals surface area contributed by atoms with Crippen molar-refractivity contribution in [3.8, 4) is 0 Å². The molecule has 0 saturated carbocycles. The molecule has 142 valence electrons. The van der Waals surface area contributed by atoms with Crippen molar-refractivity contribution in [1.29, 1.82) is 0 Å². The third-order valence-corrected chi connectivity index (χ3v) is 4.97. The van der Waals surface area contributed by atoms with Crippen LogP contribution in [0.2, 0.25) is 0 Å². The molecule has 2 aromatic heterocycles. The molecule has 0 bridgehead atoms. The Bertz CT molecular complexity index is 1290. The Balaban J connectivity index is 1.73. The Morgan fingerprint density at radius 3 is 2.57 bits per heavy atom. The van der Waals surface area contributed by atoms with Gasteiger partial charge >= 0.3 is 0 Å². The average molecular weight is 375 g/mol. The molecule has 0 radical (unpaired) electrons. The highest BCUT2D eigenvalue weighted by atomic mass is 16.2. The molecular formula is C21H21N5O2. The number of hydrogen-bond donors (Lipinski definition) is 2. The lowest BCUT2D eigenvalue weighted by atomic mass is 10.0. The molecule has 2 heterocycles. The maximum atomic E-state index is 12.8. The van der Waals surface area contributed by atoms with E-state index < -0.39 is 11.5 Å². The lowest BCUT2D eigenvalue weighted by Crippen LogP contribution is -2.28. The molecule has 0 aliphatic carbocycles. The zero-order valence-electron chi connectivity index (χ0n) is 16.2. The zero-order chi connectivity index (χ0) is 20.0. The van der Waals surface area contributed by atoms with Crippen LogP contribution in [-0.2, 0) is 0 Å². The number of aromatic amines is 1. The van der Waals surface area contributed by atoms with E-state index in [-0.39, 0.29) is 17.3 Å². The minimum absolute atomic E-state index is 0.0142. The largest absolute Gasteiger partial charge is 0.344 e. The maximum absolute atomic E-state index is 12.8. The van der Waals surface area contributed by atoms with Gasteiger partial charge in [0.25, 0.3) is 11.5 Å². The summed E-state index contributed by atoms with van der Waals surface area (Å²) in [5, 5.41) is 11.0. The number of aromatic nitrogens is 4. The van der Waals surface area contributed by atoms with Crippen molar-refractivity contribution >= 4 is 22.5 Å². The third-order valence-electron chi connectivity index (χ3n) is 4.97. The summed E-state index contributed by atoms with van der Waals surface area (Å²) in [4.78, 5) is 28.3. The first-order valence-corrected chi connectivity index (χ1v) is 9.11. The van der Waals surface area contributed by atoms with Gasteiger partial charge < -0.3 is 10.3 Å². The quantitative estimate of drug-likeness (QED) is 0.576. The highest BCUT2D eigenvalue weighted by Crippen LogP contribution is 2.20. The lowest BCUT2D eigenvalue weighted by Gasteiger charge is -2.16. The van der Waals surface area contributed by atoms with Gasteiger partial charge in [0.15, 0.2) is 11.2 Å². The molecule has 1 atom stereocenters. The zero-order valence-corrected chi connectivity index (χ0v) is 16.2. The molecule has 4 rings (SSSR count). The van der Waals surface area contributed by atoms with E-state index in [1.165, 1.54) is 4.52 Å². The lowest BCUT2D eigenvalue weighted by molar-refractivity contribution is 0.0936. The predicted molar refractivity (Wildman–Crippen MR) is 108 cm³/mol. The summed E-state index contributed by atoms with van der Waals surface area (Å²) in [5.74, 6) is -0.431. The Kier molecular flexibility index (Phi) is 4.22. The third kappa shape index (κ3) is 2.94. The van der Waals surface area contributed by atoms with E-state index in [0.29, 0.717) is 11.0 Å². The summed E-state index contributed by atoms with van der Waals surface area (Å²) < 4.78 is 1.42. The molecule has 2 N–H and O–H groups in total. The molecule has 2 aromatic carbocycles. The number of rotatable bonds is 3. The number of nitrogens with one attached hydrogen (secondary N) is 2. The van der Waals surface area contributed by atoms with Gasteiger partial charge in [-0.05, 0) is 56.5 Å². The topological polar surface area (TPSA) is 92.2 Å². The van der Waals surface area contributed by atoms with Crippen molar-refractivity contribution in [1.82, 2.24) is 25.1 Å². The number of amides is 1. The monoisotopic (exact) mass is 375 g/mol. The van der Waals surface area contributed by atoms with Crippen LogP contribution in [0.15, 0.2) is 41.2 Å². The van der Waals surface area contributed by atoms with E-state index in [4.69, 9.17) is 0 Å². The van der Waals surface area contributed by atoms with Gasteiger partial charge in [-0.3, -0.25) is 9.59 Å². The number of hydrogen-bond acceptors (Lipinski definition) is 4. The molecule has 7 nitrogen and oxygen atoms in total. The molecule has 1 unspecified atom stereocenters. The Morgan fingerprint density at radius 2 is 1.82 bits per heavy atom. The van der Waals surface area contributed by atoms with E-state index in [1.807, 2.05) is 58.0 Å². The van der Waals surface area contributed by atoms with Crippen molar-refractivity contribution in [2.75, 3.05) is 0 Å². The second-order valence-corrected chi connectivity index (χ2v) is 7.23. The average Bonchev–Trinajstić information content (AvgIpc) is 3.07. The number of benzene rings is 2. The standard InChI is InChI=1S/C21H21N5O2/c1-11-5-7-15(13(3)9-11)14(4)22-20(27)18-19-21(28)23-16-10-12(2)6-8-17(16)26(19)25-24-18/h5-10,14H,1-4H3,(H,22,27)(H,23,28). The van der Waals surface area contributed by atoms with Gasteiger partial charge in [0.2, 0.25) is 0 Å². The van der Waals surface area contributed by atoms with Gasteiger partial charge in [0, 0.05) is 0 Å². The first-order valence-electron chi connectivity index (χ1n) is 9.11. The van der Waals surface area contributed by atoms with Crippen LogP contribution in [0.3, 0.4) is 0 Å². The van der Waals surface area contributed by atoms with E-state index in [1.54, 1.807) is 0 Å². The van der Waals surface area contributed by atoms with Crippen LogP contribution in [0.5, 0.6) is 0 Å². The first-order chi connectivity index (χ1) is 13.3. The molecule has 7 heteroatoms. The van der Waals surface area contributed by atoms with Crippen molar-refractivity contribution in [3.63, 3.8) is 0 Å². The van der Waals surface area contributed by atoms with Crippen LogP contribution in [-0.4, -0.2) is 25.7 Å². The van der Waals surface area contributed by atoms with Gasteiger partial charge in [-0.1, -0.05) is 35.0 Å². The molecule has 28 heavy (non-hydrogen) atoms. The summed E-state index contributed by atoms with van der Waals surface area (Å²) in [6.07, 6.45) is 0. The van der Waals surface area contributed by atoms with Gasteiger partial charge in [-0.15, -0.1) is 5.10 Å². The van der Waals surface area contributed by atoms with Crippen molar-refractivity contribution in [2.45, 2.75) is 33.7 Å². The van der Waals surface area contributed by atoms with Crippen LogP contribution < -0.4 is 10.9 Å². The summed E-state index contributed by atoms with van der Waals surface area (Å²) in [5.41, 5.74) is 5.40.